The van der Waals surface area contributed by atoms with E-state index in [0.29, 0.717) is 16.6 Å². The smallest absolute Gasteiger partial charge is 0.257 e. The van der Waals surface area contributed by atoms with Crippen molar-refractivity contribution in [1.82, 2.24) is 15.5 Å². The Bertz CT molecular complexity index is 785. The van der Waals surface area contributed by atoms with Crippen LogP contribution in [0, 0.1) is 17.7 Å². The van der Waals surface area contributed by atoms with Gasteiger partial charge in [-0.3, -0.25) is 10.1 Å². The number of amides is 1. The SMILES string of the molecule is O=C(NC(=S)N1CC(C2CC2)CCC1C1=CNCC=C1)c1ccc(F)cc1. The predicted octanol–water partition coefficient (Wildman–Crippen LogP) is 3.37. The summed E-state index contributed by atoms with van der Waals surface area (Å²) in [4.78, 5) is 14.7. The van der Waals surface area contributed by atoms with E-state index in [1.54, 1.807) is 0 Å². The minimum absolute atomic E-state index is 0.171. The summed E-state index contributed by atoms with van der Waals surface area (Å²) in [5, 5.41) is 6.58. The molecule has 27 heavy (non-hydrogen) atoms. The van der Waals surface area contributed by atoms with Crippen LogP contribution in [0.4, 0.5) is 4.39 Å². The van der Waals surface area contributed by atoms with Crippen LogP contribution in [0.1, 0.15) is 36.0 Å². The number of nitrogens with zero attached hydrogens (tertiary/aromatic N) is 1. The molecule has 2 fully saturated rings. The molecule has 1 aliphatic carbocycles. The number of carbonyl (C=O) groups excluding carboxylic acids is 1. The molecule has 0 spiro atoms. The first-order chi connectivity index (χ1) is 13.1. The molecule has 2 heterocycles. The Morgan fingerprint density at radius 2 is 1.89 bits per heavy atom. The number of thiocarbonyl (C=S) groups is 1. The van der Waals surface area contributed by atoms with Gasteiger partial charge in [0.1, 0.15) is 5.82 Å². The Hall–Kier alpha value is -2.21. The number of carbonyl (C=O) groups is 1. The van der Waals surface area contributed by atoms with Gasteiger partial charge in [0.05, 0.1) is 6.04 Å². The van der Waals surface area contributed by atoms with Crippen molar-refractivity contribution in [3.05, 3.63) is 59.6 Å². The summed E-state index contributed by atoms with van der Waals surface area (Å²) in [5.41, 5.74) is 1.61. The largest absolute Gasteiger partial charge is 0.387 e. The van der Waals surface area contributed by atoms with E-state index in [1.807, 2.05) is 0 Å². The first kappa shape index (κ1) is 18.2. The lowest BCUT2D eigenvalue weighted by Crippen LogP contribution is -2.53. The number of likely N-dealkylation sites (tertiary alicyclic amines) is 1. The highest BCUT2D eigenvalue weighted by Gasteiger charge is 2.39. The molecule has 0 aromatic heterocycles. The molecule has 0 radical (unpaired) electrons. The lowest BCUT2D eigenvalue weighted by molar-refractivity contribution is 0.0967. The highest BCUT2D eigenvalue weighted by atomic mass is 32.1. The van der Waals surface area contributed by atoms with E-state index in [4.69, 9.17) is 12.2 Å². The summed E-state index contributed by atoms with van der Waals surface area (Å²) in [6, 6.07) is 5.70. The van der Waals surface area contributed by atoms with Gasteiger partial charge in [-0.2, -0.15) is 0 Å². The van der Waals surface area contributed by atoms with Gasteiger partial charge in [-0.15, -0.1) is 0 Å². The zero-order valence-corrected chi connectivity index (χ0v) is 16.0. The fourth-order valence-electron chi connectivity index (χ4n) is 4.06. The van der Waals surface area contributed by atoms with Crippen molar-refractivity contribution in [3.63, 3.8) is 0 Å². The monoisotopic (exact) mass is 385 g/mol. The van der Waals surface area contributed by atoms with Gasteiger partial charge in [-0.25, -0.2) is 4.39 Å². The van der Waals surface area contributed by atoms with Crippen molar-refractivity contribution < 1.29 is 9.18 Å². The molecule has 4 nitrogen and oxygen atoms in total. The van der Waals surface area contributed by atoms with E-state index in [0.717, 1.165) is 25.4 Å². The fourth-order valence-corrected chi connectivity index (χ4v) is 4.35. The van der Waals surface area contributed by atoms with Crippen LogP contribution >= 0.6 is 12.2 Å². The summed E-state index contributed by atoms with van der Waals surface area (Å²) in [6.45, 7) is 1.72. The Labute approximate surface area is 164 Å². The van der Waals surface area contributed by atoms with E-state index in [2.05, 4.69) is 33.9 Å². The second-order valence-electron chi connectivity index (χ2n) is 7.56. The molecule has 2 unspecified atom stereocenters. The zero-order chi connectivity index (χ0) is 18.8. The summed E-state index contributed by atoms with van der Waals surface area (Å²) in [6.07, 6.45) is 11.2. The van der Waals surface area contributed by atoms with Crippen LogP contribution in [0.3, 0.4) is 0 Å². The summed E-state index contributed by atoms with van der Waals surface area (Å²) < 4.78 is 13.1. The van der Waals surface area contributed by atoms with Crippen molar-refractivity contribution in [3.8, 4) is 0 Å². The molecule has 0 bridgehead atoms. The molecule has 142 valence electrons. The van der Waals surface area contributed by atoms with Crippen molar-refractivity contribution in [2.75, 3.05) is 13.1 Å². The molecule has 1 saturated heterocycles. The Morgan fingerprint density at radius 3 is 2.56 bits per heavy atom. The number of rotatable bonds is 3. The van der Waals surface area contributed by atoms with E-state index in [1.165, 1.54) is 49.1 Å². The average Bonchev–Trinajstić information content (AvgIpc) is 3.54. The number of hydrogen-bond donors (Lipinski definition) is 2. The van der Waals surface area contributed by atoms with Crippen LogP contribution in [0.5, 0.6) is 0 Å². The number of piperidine rings is 1. The number of halogens is 1. The maximum absolute atomic E-state index is 13.1. The van der Waals surface area contributed by atoms with Gasteiger partial charge < -0.3 is 10.2 Å². The first-order valence-electron chi connectivity index (χ1n) is 9.59. The van der Waals surface area contributed by atoms with Gasteiger partial charge in [0.25, 0.3) is 5.91 Å². The fraction of sp³-hybridized carbons (Fsp3) is 0.429. The van der Waals surface area contributed by atoms with Crippen molar-refractivity contribution in [2.45, 2.75) is 31.7 Å². The Kier molecular flexibility index (Phi) is 5.25. The normalized spacial score (nSPS) is 24.8. The summed E-state index contributed by atoms with van der Waals surface area (Å²) in [7, 11) is 0. The molecule has 1 saturated carbocycles. The summed E-state index contributed by atoms with van der Waals surface area (Å²) >= 11 is 5.63. The van der Waals surface area contributed by atoms with Gasteiger partial charge in [0, 0.05) is 24.9 Å². The maximum Gasteiger partial charge on any atom is 0.257 e. The number of nitrogens with one attached hydrogen (secondary N) is 2. The first-order valence-corrected chi connectivity index (χ1v) is 10.00. The molecule has 4 rings (SSSR count). The minimum atomic E-state index is -0.360. The van der Waals surface area contributed by atoms with E-state index >= 15 is 0 Å². The lowest BCUT2D eigenvalue weighted by Gasteiger charge is -2.42. The van der Waals surface area contributed by atoms with E-state index in [9.17, 15) is 9.18 Å². The van der Waals surface area contributed by atoms with Gasteiger partial charge in [0.2, 0.25) is 0 Å². The molecule has 1 amide bonds. The molecule has 1 aromatic rings. The number of hydrogen-bond acceptors (Lipinski definition) is 3. The van der Waals surface area contributed by atoms with Gasteiger partial charge >= 0.3 is 0 Å². The Morgan fingerprint density at radius 1 is 1.15 bits per heavy atom. The molecule has 1 aromatic carbocycles. The van der Waals surface area contributed by atoms with Crippen molar-refractivity contribution in [1.29, 1.82) is 0 Å². The molecule has 6 heteroatoms. The second kappa shape index (κ2) is 7.80. The number of dihydropyridines is 1. The predicted molar refractivity (Wildman–Crippen MR) is 108 cm³/mol. The Balaban J connectivity index is 1.49. The van der Waals surface area contributed by atoms with Gasteiger partial charge in [-0.1, -0.05) is 12.2 Å². The zero-order valence-electron chi connectivity index (χ0n) is 15.2. The van der Waals surface area contributed by atoms with Crippen LogP contribution in [-0.2, 0) is 0 Å². The highest BCUT2D eigenvalue weighted by Crippen LogP contribution is 2.43. The topological polar surface area (TPSA) is 44.4 Å². The van der Waals surface area contributed by atoms with E-state index < -0.39 is 0 Å². The quantitative estimate of drug-likeness (QED) is 0.783. The minimum Gasteiger partial charge on any atom is -0.387 e. The second-order valence-corrected chi connectivity index (χ2v) is 7.95. The third-order valence-electron chi connectivity index (χ3n) is 5.69. The van der Waals surface area contributed by atoms with Crippen LogP contribution < -0.4 is 10.6 Å². The lowest BCUT2D eigenvalue weighted by atomic mass is 9.86. The van der Waals surface area contributed by atoms with E-state index in [-0.39, 0.29) is 17.8 Å². The standard InChI is InChI=1S/C21H24FN3OS/c22-18-8-5-15(6-9-18)20(26)24-21(27)25-13-17(14-3-4-14)7-10-19(25)16-2-1-11-23-12-16/h1-2,5-6,8-9,12,14,17,19,23H,3-4,7,10-11,13H2,(H,24,26,27). The van der Waals surface area contributed by atoms with Gasteiger partial charge in [0.15, 0.2) is 5.11 Å². The van der Waals surface area contributed by atoms with Crippen LogP contribution in [0.2, 0.25) is 0 Å². The molecule has 2 aliphatic heterocycles. The van der Waals surface area contributed by atoms with Crippen molar-refractivity contribution in [2.24, 2.45) is 11.8 Å². The molecule has 2 atom stereocenters. The summed E-state index contributed by atoms with van der Waals surface area (Å²) in [5.74, 6) is 0.792. The maximum atomic E-state index is 13.1. The molecule has 3 aliphatic rings. The molecular formula is C21H24FN3OS. The van der Waals surface area contributed by atoms with Gasteiger partial charge in [-0.05, 0) is 79.6 Å². The molecular weight excluding hydrogens is 361 g/mol. The van der Waals surface area contributed by atoms with Crippen molar-refractivity contribution >= 4 is 23.2 Å². The highest BCUT2D eigenvalue weighted by molar-refractivity contribution is 7.80. The van der Waals surface area contributed by atoms with Crippen LogP contribution in [0.25, 0.3) is 0 Å². The van der Waals surface area contributed by atoms with Crippen LogP contribution in [0.15, 0.2) is 48.2 Å². The number of benzene rings is 1. The van der Waals surface area contributed by atoms with Crippen LogP contribution in [-0.4, -0.2) is 35.1 Å². The average molecular weight is 386 g/mol. The molecule has 2 N–H and O–H groups in total. The third kappa shape index (κ3) is 4.21. The third-order valence-corrected chi connectivity index (χ3v) is 6.03.